The highest BCUT2D eigenvalue weighted by molar-refractivity contribution is 5.94. The number of aromatic nitrogens is 2. The van der Waals surface area contributed by atoms with E-state index in [1.54, 1.807) is 7.11 Å². The maximum Gasteiger partial charge on any atom is 0.251 e. The molecule has 3 aromatic rings. The largest absolute Gasteiger partial charge is 0.496 e. The molecule has 0 aliphatic heterocycles. The first-order chi connectivity index (χ1) is 13.0. The highest BCUT2D eigenvalue weighted by atomic mass is 16.5. The molecule has 27 heavy (non-hydrogen) atoms. The van der Waals surface area contributed by atoms with Crippen molar-refractivity contribution in [1.29, 1.82) is 0 Å². The van der Waals surface area contributed by atoms with Crippen molar-refractivity contribution in [2.75, 3.05) is 7.11 Å². The first kappa shape index (κ1) is 18.7. The van der Waals surface area contributed by atoms with Gasteiger partial charge in [-0.2, -0.15) is 5.10 Å². The van der Waals surface area contributed by atoms with Crippen LogP contribution >= 0.6 is 0 Å². The summed E-state index contributed by atoms with van der Waals surface area (Å²) in [6.07, 6.45) is 0. The Hall–Kier alpha value is -3.08. The number of benzene rings is 2. The van der Waals surface area contributed by atoms with Crippen molar-refractivity contribution < 1.29 is 9.53 Å². The summed E-state index contributed by atoms with van der Waals surface area (Å²) in [7, 11) is 1.63. The number of amides is 1. The lowest BCUT2D eigenvalue weighted by molar-refractivity contribution is 0.0939. The van der Waals surface area contributed by atoms with Gasteiger partial charge in [-0.25, -0.2) is 0 Å². The van der Waals surface area contributed by atoms with Crippen LogP contribution in [-0.4, -0.2) is 22.8 Å². The first-order valence-corrected chi connectivity index (χ1v) is 9.01. The molecule has 0 saturated carbocycles. The van der Waals surface area contributed by atoms with Crippen LogP contribution in [0.2, 0.25) is 0 Å². The standard InChI is InChI=1S/C22H25N3O2/c1-15-13-16(2)25(24-15)14-18-9-11-19(12-10-18)22(26)23-17(3)20-7-5-6-8-21(20)27-4/h5-13,17H,14H2,1-4H3,(H,23,26)/t17-/m0/s1. The fourth-order valence-corrected chi connectivity index (χ4v) is 3.15. The molecule has 1 N–H and O–H groups in total. The van der Waals surface area contributed by atoms with E-state index >= 15 is 0 Å². The summed E-state index contributed by atoms with van der Waals surface area (Å²) in [4.78, 5) is 12.6. The molecule has 5 nitrogen and oxygen atoms in total. The van der Waals surface area contributed by atoms with Crippen LogP contribution < -0.4 is 10.1 Å². The molecule has 3 rings (SSSR count). The fourth-order valence-electron chi connectivity index (χ4n) is 3.15. The average Bonchev–Trinajstić information content (AvgIpc) is 2.99. The third-order valence-electron chi connectivity index (χ3n) is 4.60. The Kier molecular flexibility index (Phi) is 5.60. The van der Waals surface area contributed by atoms with Gasteiger partial charge in [0.1, 0.15) is 5.75 Å². The predicted octanol–water partition coefficient (Wildman–Crippen LogP) is 4.05. The number of aryl methyl sites for hydroxylation is 2. The number of carbonyl (C=O) groups excluding carboxylic acids is 1. The summed E-state index contributed by atoms with van der Waals surface area (Å²) in [5, 5.41) is 7.51. The third-order valence-corrected chi connectivity index (χ3v) is 4.60. The number of ether oxygens (including phenoxy) is 1. The van der Waals surface area contributed by atoms with Crippen LogP contribution in [0, 0.1) is 13.8 Å². The van der Waals surface area contributed by atoms with Crippen LogP contribution in [0.3, 0.4) is 0 Å². The zero-order valence-corrected chi connectivity index (χ0v) is 16.2. The Labute approximate surface area is 160 Å². The fraction of sp³-hybridized carbons (Fsp3) is 0.273. The molecule has 140 valence electrons. The minimum Gasteiger partial charge on any atom is -0.496 e. The van der Waals surface area contributed by atoms with Crippen LogP contribution in [0.15, 0.2) is 54.6 Å². The minimum absolute atomic E-state index is 0.105. The summed E-state index contributed by atoms with van der Waals surface area (Å²) >= 11 is 0. The van der Waals surface area contributed by atoms with Crippen LogP contribution in [0.1, 0.15) is 45.8 Å². The van der Waals surface area contributed by atoms with Crippen molar-refractivity contribution in [2.24, 2.45) is 0 Å². The molecule has 0 aliphatic carbocycles. The van der Waals surface area contributed by atoms with Crippen molar-refractivity contribution in [2.45, 2.75) is 33.4 Å². The molecule has 1 heterocycles. The van der Waals surface area contributed by atoms with E-state index in [4.69, 9.17) is 4.74 Å². The first-order valence-electron chi connectivity index (χ1n) is 9.01. The van der Waals surface area contributed by atoms with Crippen LogP contribution in [0.4, 0.5) is 0 Å². The summed E-state index contributed by atoms with van der Waals surface area (Å²) in [6, 6.07) is 17.3. The van der Waals surface area contributed by atoms with E-state index in [1.807, 2.05) is 74.0 Å². The molecule has 0 spiro atoms. The lowest BCUT2D eigenvalue weighted by atomic mass is 10.1. The van der Waals surface area contributed by atoms with Crippen molar-refractivity contribution in [1.82, 2.24) is 15.1 Å². The number of nitrogens with one attached hydrogen (secondary N) is 1. The zero-order valence-electron chi connectivity index (χ0n) is 16.2. The molecule has 5 heteroatoms. The van der Waals surface area contributed by atoms with Gasteiger partial charge in [-0.05, 0) is 50.6 Å². The molecule has 1 aromatic heterocycles. The maximum absolute atomic E-state index is 12.6. The number of carbonyl (C=O) groups is 1. The Morgan fingerprint density at radius 2 is 1.85 bits per heavy atom. The molecule has 0 fully saturated rings. The van der Waals surface area contributed by atoms with Gasteiger partial charge in [0.25, 0.3) is 5.91 Å². The van der Waals surface area contributed by atoms with Crippen molar-refractivity contribution in [3.63, 3.8) is 0 Å². The molecule has 2 aromatic carbocycles. The topological polar surface area (TPSA) is 56.1 Å². The number of para-hydroxylation sites is 1. The van der Waals surface area contributed by atoms with Gasteiger partial charge < -0.3 is 10.1 Å². The van der Waals surface area contributed by atoms with Gasteiger partial charge in [0.15, 0.2) is 0 Å². The summed E-state index contributed by atoms with van der Waals surface area (Å²) in [6.45, 7) is 6.67. The van der Waals surface area contributed by atoms with Crippen molar-refractivity contribution >= 4 is 5.91 Å². The predicted molar refractivity (Wildman–Crippen MR) is 106 cm³/mol. The van der Waals surface area contributed by atoms with Gasteiger partial charge in [0.2, 0.25) is 0 Å². The quantitative estimate of drug-likeness (QED) is 0.719. The highest BCUT2D eigenvalue weighted by Gasteiger charge is 2.15. The number of rotatable bonds is 6. The van der Waals surface area contributed by atoms with Crippen LogP contribution in [-0.2, 0) is 6.54 Å². The SMILES string of the molecule is COc1ccccc1[C@H](C)NC(=O)c1ccc(Cn2nc(C)cc2C)cc1. The molecule has 1 amide bonds. The Bertz CT molecular complexity index is 929. The molecule has 0 bridgehead atoms. The van der Waals surface area contributed by atoms with Crippen molar-refractivity contribution in [3.05, 3.63) is 82.7 Å². The lowest BCUT2D eigenvalue weighted by Crippen LogP contribution is -2.26. The van der Waals surface area contributed by atoms with E-state index in [0.717, 1.165) is 28.3 Å². The van der Waals surface area contributed by atoms with E-state index in [-0.39, 0.29) is 11.9 Å². The molecule has 0 radical (unpaired) electrons. The minimum atomic E-state index is -0.150. The van der Waals surface area contributed by atoms with Gasteiger partial charge in [-0.1, -0.05) is 30.3 Å². The number of nitrogens with zero attached hydrogens (tertiary/aromatic N) is 2. The number of methoxy groups -OCH3 is 1. The van der Waals surface area contributed by atoms with Crippen LogP contribution in [0.25, 0.3) is 0 Å². The van der Waals surface area contributed by atoms with E-state index in [2.05, 4.69) is 16.5 Å². The summed E-state index contributed by atoms with van der Waals surface area (Å²) in [5.41, 5.74) is 4.83. The molecular formula is C22H25N3O2. The Morgan fingerprint density at radius 1 is 1.15 bits per heavy atom. The second kappa shape index (κ2) is 8.08. The highest BCUT2D eigenvalue weighted by Crippen LogP contribution is 2.24. The molecule has 0 saturated heterocycles. The molecule has 0 aliphatic rings. The second-order valence-corrected chi connectivity index (χ2v) is 6.72. The maximum atomic E-state index is 12.6. The number of hydrogen-bond donors (Lipinski definition) is 1. The zero-order chi connectivity index (χ0) is 19.4. The third kappa shape index (κ3) is 4.37. The van der Waals surface area contributed by atoms with Gasteiger partial charge in [0.05, 0.1) is 25.4 Å². The molecular weight excluding hydrogens is 338 g/mol. The van der Waals surface area contributed by atoms with Crippen LogP contribution in [0.5, 0.6) is 5.75 Å². The van der Waals surface area contributed by atoms with Gasteiger partial charge >= 0.3 is 0 Å². The van der Waals surface area contributed by atoms with Crippen molar-refractivity contribution in [3.8, 4) is 5.75 Å². The second-order valence-electron chi connectivity index (χ2n) is 6.72. The van der Waals surface area contributed by atoms with E-state index in [9.17, 15) is 4.79 Å². The number of hydrogen-bond acceptors (Lipinski definition) is 3. The van der Waals surface area contributed by atoms with Gasteiger partial charge in [0, 0.05) is 16.8 Å². The van der Waals surface area contributed by atoms with E-state index < -0.39 is 0 Å². The lowest BCUT2D eigenvalue weighted by Gasteiger charge is -2.17. The molecule has 1 atom stereocenters. The smallest absolute Gasteiger partial charge is 0.251 e. The van der Waals surface area contributed by atoms with E-state index in [0.29, 0.717) is 12.1 Å². The summed E-state index contributed by atoms with van der Waals surface area (Å²) in [5.74, 6) is 0.664. The molecule has 0 unspecified atom stereocenters. The normalized spacial score (nSPS) is 11.9. The van der Waals surface area contributed by atoms with E-state index in [1.165, 1.54) is 0 Å². The summed E-state index contributed by atoms with van der Waals surface area (Å²) < 4.78 is 7.34. The van der Waals surface area contributed by atoms with Gasteiger partial charge in [-0.3, -0.25) is 9.48 Å². The monoisotopic (exact) mass is 363 g/mol. The van der Waals surface area contributed by atoms with Gasteiger partial charge in [-0.15, -0.1) is 0 Å². The average molecular weight is 363 g/mol. The Morgan fingerprint density at radius 3 is 2.48 bits per heavy atom. The Balaban J connectivity index is 1.67.